The zero-order chi connectivity index (χ0) is 21.1. The molecule has 0 saturated carbocycles. The van der Waals surface area contributed by atoms with E-state index in [2.05, 4.69) is 47.8 Å². The topological polar surface area (TPSA) is 74.2 Å². The fourth-order valence-corrected chi connectivity index (χ4v) is 4.08. The maximum absolute atomic E-state index is 12.9. The van der Waals surface area contributed by atoms with Gasteiger partial charge in [0.25, 0.3) is 5.91 Å². The zero-order valence-corrected chi connectivity index (χ0v) is 19.1. The van der Waals surface area contributed by atoms with Crippen molar-refractivity contribution < 1.29 is 4.79 Å². The molecule has 4 rings (SSSR count). The summed E-state index contributed by atoms with van der Waals surface area (Å²) in [4.78, 5) is 30.4. The average molecular weight is 514 g/mol. The van der Waals surface area contributed by atoms with E-state index in [4.69, 9.17) is 0 Å². The summed E-state index contributed by atoms with van der Waals surface area (Å²) in [5.41, 5.74) is 1.90. The van der Waals surface area contributed by atoms with Gasteiger partial charge in [0.2, 0.25) is 0 Å². The Morgan fingerprint density at radius 2 is 1.77 bits per heavy atom. The third-order valence-electron chi connectivity index (χ3n) is 4.99. The van der Waals surface area contributed by atoms with Gasteiger partial charge in [-0.2, -0.15) is 0 Å². The molecule has 1 fully saturated rings. The third-order valence-corrected chi connectivity index (χ3v) is 5.93. The van der Waals surface area contributed by atoms with Gasteiger partial charge in [-0.25, -0.2) is 15.0 Å². The summed E-state index contributed by atoms with van der Waals surface area (Å²) < 4.78 is 0.981. The number of amides is 1. The van der Waals surface area contributed by atoms with Crippen LogP contribution in [0.4, 0.5) is 17.5 Å². The number of carbonyl (C=O) groups excluding carboxylic acids is 1. The Bertz CT molecular complexity index is 1060. The predicted octanol–water partition coefficient (Wildman–Crippen LogP) is 3.80. The fourth-order valence-electron chi connectivity index (χ4n) is 3.46. The molecular formula is C22H23IN6O. The highest BCUT2D eigenvalue weighted by atomic mass is 127. The molecule has 1 saturated heterocycles. The minimum atomic E-state index is 0.0893. The monoisotopic (exact) mass is 514 g/mol. The number of benzene rings is 1. The van der Waals surface area contributed by atoms with Crippen LogP contribution in [0.5, 0.6) is 0 Å². The highest BCUT2D eigenvalue weighted by Gasteiger charge is 2.24. The van der Waals surface area contributed by atoms with Crippen molar-refractivity contribution in [2.75, 3.05) is 36.4 Å². The van der Waals surface area contributed by atoms with Gasteiger partial charge in [0.05, 0.1) is 5.56 Å². The van der Waals surface area contributed by atoms with Crippen molar-refractivity contribution in [1.82, 2.24) is 19.9 Å². The molecule has 3 heterocycles. The zero-order valence-electron chi connectivity index (χ0n) is 17.0. The number of halogens is 1. The first-order valence-electron chi connectivity index (χ1n) is 9.84. The van der Waals surface area contributed by atoms with E-state index >= 15 is 0 Å². The van der Waals surface area contributed by atoms with Crippen molar-refractivity contribution in [3.05, 3.63) is 69.2 Å². The van der Waals surface area contributed by atoms with Crippen LogP contribution in [0, 0.1) is 17.4 Å². The second-order valence-electron chi connectivity index (χ2n) is 7.26. The molecule has 30 heavy (non-hydrogen) atoms. The van der Waals surface area contributed by atoms with Gasteiger partial charge in [-0.3, -0.25) is 4.79 Å². The van der Waals surface area contributed by atoms with E-state index in [1.165, 1.54) is 0 Å². The molecule has 2 aromatic heterocycles. The number of hydrogen-bond acceptors (Lipinski definition) is 6. The molecular weight excluding hydrogens is 491 g/mol. The minimum absolute atomic E-state index is 0.0893. The predicted molar refractivity (Wildman–Crippen MR) is 126 cm³/mol. The standard InChI is InChI=1S/C22H23IN6O/c1-15-7-8-24-19(13-15)27-20-14-21(26-16(2)25-20)28-9-11-29(12-10-28)22(30)17-5-3-4-6-18(17)23/h3-8,13-14H,9-12H2,1-2H3,(H,24,25,26,27). The summed E-state index contributed by atoms with van der Waals surface area (Å²) in [5.74, 6) is 3.12. The molecule has 0 radical (unpaired) electrons. The van der Waals surface area contributed by atoms with Gasteiger partial charge in [0, 0.05) is 42.0 Å². The maximum Gasteiger partial charge on any atom is 0.255 e. The Balaban J connectivity index is 1.45. The summed E-state index contributed by atoms with van der Waals surface area (Å²) >= 11 is 2.22. The summed E-state index contributed by atoms with van der Waals surface area (Å²) in [6, 6.07) is 13.6. The first kappa shape index (κ1) is 20.5. The van der Waals surface area contributed by atoms with Crippen LogP contribution in [0.15, 0.2) is 48.7 Å². The van der Waals surface area contributed by atoms with Crippen LogP contribution >= 0.6 is 22.6 Å². The lowest BCUT2D eigenvalue weighted by Gasteiger charge is -2.35. The summed E-state index contributed by atoms with van der Waals surface area (Å²) in [5, 5.41) is 3.27. The minimum Gasteiger partial charge on any atom is -0.353 e. The highest BCUT2D eigenvalue weighted by Crippen LogP contribution is 2.22. The lowest BCUT2D eigenvalue weighted by Crippen LogP contribution is -2.49. The molecule has 0 bridgehead atoms. The second-order valence-corrected chi connectivity index (χ2v) is 8.42. The van der Waals surface area contributed by atoms with Crippen LogP contribution in [-0.2, 0) is 0 Å². The number of piperazine rings is 1. The lowest BCUT2D eigenvalue weighted by molar-refractivity contribution is 0.0745. The average Bonchev–Trinajstić information content (AvgIpc) is 2.73. The number of aromatic nitrogens is 3. The van der Waals surface area contributed by atoms with Gasteiger partial charge in [-0.1, -0.05) is 12.1 Å². The van der Waals surface area contributed by atoms with Crippen molar-refractivity contribution in [3.63, 3.8) is 0 Å². The molecule has 0 spiro atoms. The van der Waals surface area contributed by atoms with E-state index in [-0.39, 0.29) is 5.91 Å². The van der Waals surface area contributed by atoms with E-state index in [1.807, 2.05) is 61.2 Å². The largest absolute Gasteiger partial charge is 0.353 e. The number of nitrogens with one attached hydrogen (secondary N) is 1. The summed E-state index contributed by atoms with van der Waals surface area (Å²) in [6.07, 6.45) is 1.77. The Labute approximate surface area is 189 Å². The molecule has 0 unspecified atom stereocenters. The van der Waals surface area contributed by atoms with Crippen LogP contribution in [0.2, 0.25) is 0 Å². The van der Waals surface area contributed by atoms with Crippen molar-refractivity contribution in [2.24, 2.45) is 0 Å². The van der Waals surface area contributed by atoms with Gasteiger partial charge in [0.1, 0.15) is 23.3 Å². The lowest BCUT2D eigenvalue weighted by atomic mass is 10.2. The van der Waals surface area contributed by atoms with Crippen LogP contribution < -0.4 is 10.2 Å². The van der Waals surface area contributed by atoms with E-state index in [0.29, 0.717) is 24.7 Å². The molecule has 8 heteroatoms. The molecule has 1 aliphatic rings. The van der Waals surface area contributed by atoms with Gasteiger partial charge in [0.15, 0.2) is 0 Å². The molecule has 3 aromatic rings. The van der Waals surface area contributed by atoms with Crippen LogP contribution in [0.3, 0.4) is 0 Å². The molecule has 1 aromatic carbocycles. The van der Waals surface area contributed by atoms with E-state index in [0.717, 1.165) is 39.4 Å². The SMILES string of the molecule is Cc1ccnc(Nc2cc(N3CCN(C(=O)c4ccccc4I)CC3)nc(C)n2)c1. The highest BCUT2D eigenvalue weighted by molar-refractivity contribution is 14.1. The van der Waals surface area contributed by atoms with Crippen LogP contribution in [0.1, 0.15) is 21.7 Å². The smallest absolute Gasteiger partial charge is 0.255 e. The maximum atomic E-state index is 12.9. The summed E-state index contributed by atoms with van der Waals surface area (Å²) in [6.45, 7) is 6.70. The number of rotatable bonds is 4. The van der Waals surface area contributed by atoms with Crippen LogP contribution in [-0.4, -0.2) is 51.9 Å². The number of carbonyl (C=O) groups is 1. The number of pyridine rings is 1. The van der Waals surface area contributed by atoms with Crippen molar-refractivity contribution >= 4 is 46.0 Å². The molecule has 1 aliphatic heterocycles. The molecule has 154 valence electrons. The van der Waals surface area contributed by atoms with Crippen molar-refractivity contribution in [2.45, 2.75) is 13.8 Å². The Morgan fingerprint density at radius 1 is 1.00 bits per heavy atom. The second kappa shape index (κ2) is 8.95. The Morgan fingerprint density at radius 3 is 2.50 bits per heavy atom. The molecule has 1 amide bonds. The Hall–Kier alpha value is -2.75. The van der Waals surface area contributed by atoms with Crippen molar-refractivity contribution in [3.8, 4) is 0 Å². The first-order valence-corrected chi connectivity index (χ1v) is 10.9. The first-order chi connectivity index (χ1) is 14.5. The number of nitrogens with zero attached hydrogens (tertiary/aromatic N) is 5. The normalized spacial score (nSPS) is 14.0. The molecule has 0 atom stereocenters. The number of hydrogen-bond donors (Lipinski definition) is 1. The Kier molecular flexibility index (Phi) is 6.12. The van der Waals surface area contributed by atoms with E-state index < -0.39 is 0 Å². The molecule has 1 N–H and O–H groups in total. The van der Waals surface area contributed by atoms with Gasteiger partial charge >= 0.3 is 0 Å². The van der Waals surface area contributed by atoms with Crippen molar-refractivity contribution in [1.29, 1.82) is 0 Å². The fraction of sp³-hybridized carbons (Fsp3) is 0.273. The molecule has 7 nitrogen and oxygen atoms in total. The van der Waals surface area contributed by atoms with Gasteiger partial charge in [-0.05, 0) is 66.3 Å². The number of anilines is 3. The van der Waals surface area contributed by atoms with Gasteiger partial charge in [-0.15, -0.1) is 0 Å². The van der Waals surface area contributed by atoms with E-state index in [9.17, 15) is 4.79 Å². The van der Waals surface area contributed by atoms with Gasteiger partial charge < -0.3 is 15.1 Å². The van der Waals surface area contributed by atoms with Crippen LogP contribution in [0.25, 0.3) is 0 Å². The van der Waals surface area contributed by atoms with E-state index in [1.54, 1.807) is 6.20 Å². The summed E-state index contributed by atoms with van der Waals surface area (Å²) in [7, 11) is 0. The molecule has 0 aliphatic carbocycles. The number of aryl methyl sites for hydroxylation is 2. The quantitative estimate of drug-likeness (QED) is 0.535. The third kappa shape index (κ3) is 4.69.